The number of amides is 2. The average molecular weight is 470 g/mol. The van der Waals surface area contributed by atoms with E-state index in [9.17, 15) is 9.59 Å². The third-order valence-corrected chi connectivity index (χ3v) is 7.90. The van der Waals surface area contributed by atoms with Crippen LogP contribution in [0.5, 0.6) is 0 Å². The lowest BCUT2D eigenvalue weighted by Crippen LogP contribution is -2.48. The molecule has 3 heterocycles. The number of methoxy groups -OCH3 is 1. The van der Waals surface area contributed by atoms with Crippen LogP contribution in [0.15, 0.2) is 41.8 Å². The molecule has 2 amide bonds. The summed E-state index contributed by atoms with van der Waals surface area (Å²) in [7, 11) is 1.63. The van der Waals surface area contributed by atoms with Gasteiger partial charge < -0.3 is 19.9 Å². The van der Waals surface area contributed by atoms with Crippen LogP contribution in [0.2, 0.25) is 0 Å². The molecule has 0 spiro atoms. The van der Waals surface area contributed by atoms with Gasteiger partial charge in [0.2, 0.25) is 5.91 Å². The highest BCUT2D eigenvalue weighted by molar-refractivity contribution is 7.10. The first-order valence-electron chi connectivity index (χ1n) is 12.1. The molecule has 0 aliphatic carbocycles. The molecule has 4 rings (SSSR count). The lowest BCUT2D eigenvalue weighted by atomic mass is 9.81. The number of carbonyl (C=O) groups is 2. The molecular weight excluding hydrogens is 434 g/mol. The normalized spacial score (nSPS) is 23.4. The minimum atomic E-state index is -0.441. The minimum Gasteiger partial charge on any atom is -0.383 e. The Bertz CT molecular complexity index is 933. The second-order valence-electron chi connectivity index (χ2n) is 9.04. The number of nitrogens with one attached hydrogen (secondary N) is 1. The first-order chi connectivity index (χ1) is 16.1. The fourth-order valence-electron chi connectivity index (χ4n) is 5.18. The molecule has 2 aliphatic rings. The Labute approximate surface area is 200 Å². The van der Waals surface area contributed by atoms with Crippen molar-refractivity contribution in [2.24, 2.45) is 0 Å². The summed E-state index contributed by atoms with van der Waals surface area (Å²) in [6.07, 6.45) is 4.78. The Kier molecular flexibility index (Phi) is 8.17. The zero-order valence-electron chi connectivity index (χ0n) is 19.7. The van der Waals surface area contributed by atoms with Gasteiger partial charge in [-0.3, -0.25) is 9.59 Å². The number of hydrogen-bond acceptors (Lipinski definition) is 5. The van der Waals surface area contributed by atoms with Crippen LogP contribution in [0.4, 0.5) is 0 Å². The molecular formula is C26H35N3O3S. The van der Waals surface area contributed by atoms with E-state index in [0.29, 0.717) is 31.3 Å². The van der Waals surface area contributed by atoms with Crippen molar-refractivity contribution >= 4 is 23.2 Å². The van der Waals surface area contributed by atoms with Crippen LogP contribution in [-0.2, 0) is 9.53 Å². The standard InChI is InChI=1S/C26H35N3O3S/c1-19-9-5-6-14-28(19)15-8-13-27-25(30)23-20-10-3-4-11-21(20)26(31)29(16-17-32-2)24(23)22-12-7-18-33-22/h3-4,7,10-12,18-19,23-24H,5-6,8-9,13-17H2,1-2H3,(H,27,30)/t19-,23-,24+/m0/s1. The van der Waals surface area contributed by atoms with Crippen LogP contribution in [0.3, 0.4) is 0 Å². The second-order valence-corrected chi connectivity index (χ2v) is 10.0. The van der Waals surface area contributed by atoms with E-state index >= 15 is 0 Å². The molecule has 0 bridgehead atoms. The van der Waals surface area contributed by atoms with Crippen LogP contribution in [0.25, 0.3) is 0 Å². The van der Waals surface area contributed by atoms with Crippen molar-refractivity contribution in [1.82, 2.24) is 15.1 Å². The molecule has 6 nitrogen and oxygen atoms in total. The third-order valence-electron chi connectivity index (χ3n) is 6.95. The molecule has 1 saturated heterocycles. The zero-order valence-corrected chi connectivity index (χ0v) is 20.5. The Hall–Kier alpha value is -2.22. The number of piperidine rings is 1. The number of thiophene rings is 1. The van der Waals surface area contributed by atoms with Gasteiger partial charge in [0.05, 0.1) is 18.6 Å². The van der Waals surface area contributed by atoms with Gasteiger partial charge in [-0.25, -0.2) is 0 Å². The van der Waals surface area contributed by atoms with E-state index in [1.807, 2.05) is 46.7 Å². The van der Waals surface area contributed by atoms with Crippen LogP contribution in [-0.4, -0.2) is 67.6 Å². The number of carbonyl (C=O) groups excluding carboxylic acids is 2. The number of hydrogen-bond donors (Lipinski definition) is 1. The Morgan fingerprint density at radius 1 is 1.18 bits per heavy atom. The van der Waals surface area contributed by atoms with E-state index in [0.717, 1.165) is 30.0 Å². The molecule has 0 unspecified atom stereocenters. The molecule has 3 atom stereocenters. The van der Waals surface area contributed by atoms with Gasteiger partial charge in [0.15, 0.2) is 0 Å². The molecule has 1 aromatic heterocycles. The van der Waals surface area contributed by atoms with E-state index in [1.165, 1.54) is 19.3 Å². The van der Waals surface area contributed by atoms with Crippen molar-refractivity contribution in [1.29, 1.82) is 0 Å². The molecule has 33 heavy (non-hydrogen) atoms. The van der Waals surface area contributed by atoms with Crippen LogP contribution < -0.4 is 5.32 Å². The van der Waals surface area contributed by atoms with Gasteiger partial charge >= 0.3 is 0 Å². The monoisotopic (exact) mass is 469 g/mol. The van der Waals surface area contributed by atoms with Crippen LogP contribution in [0.1, 0.15) is 65.4 Å². The Morgan fingerprint density at radius 3 is 2.79 bits per heavy atom. The summed E-state index contributed by atoms with van der Waals surface area (Å²) < 4.78 is 5.29. The van der Waals surface area contributed by atoms with Gasteiger partial charge in [-0.2, -0.15) is 0 Å². The first kappa shape index (κ1) is 23.9. The summed E-state index contributed by atoms with van der Waals surface area (Å²) in [5, 5.41) is 5.20. The van der Waals surface area contributed by atoms with Gasteiger partial charge in [0.25, 0.3) is 5.91 Å². The van der Waals surface area contributed by atoms with Crippen molar-refractivity contribution < 1.29 is 14.3 Å². The SMILES string of the molecule is COCCN1C(=O)c2ccccc2[C@H](C(=O)NCCCN2CCCC[C@@H]2C)[C@H]1c1cccs1. The van der Waals surface area contributed by atoms with Crippen molar-refractivity contribution in [2.75, 3.05) is 39.9 Å². The molecule has 178 valence electrons. The Balaban J connectivity index is 1.53. The average Bonchev–Trinajstić information content (AvgIpc) is 3.36. The molecule has 1 N–H and O–H groups in total. The molecule has 0 radical (unpaired) electrons. The molecule has 1 aromatic carbocycles. The fraction of sp³-hybridized carbons (Fsp3) is 0.538. The fourth-order valence-corrected chi connectivity index (χ4v) is 6.05. The highest BCUT2D eigenvalue weighted by Gasteiger charge is 2.44. The number of benzene rings is 1. The molecule has 1 fully saturated rings. The summed E-state index contributed by atoms with van der Waals surface area (Å²) in [5.74, 6) is -0.491. The van der Waals surface area contributed by atoms with E-state index in [1.54, 1.807) is 18.4 Å². The van der Waals surface area contributed by atoms with Crippen molar-refractivity contribution in [3.8, 4) is 0 Å². The molecule has 7 heteroatoms. The highest BCUT2D eigenvalue weighted by atomic mass is 32.1. The number of rotatable bonds is 9. The maximum absolute atomic E-state index is 13.6. The second kappa shape index (κ2) is 11.3. The van der Waals surface area contributed by atoms with E-state index in [-0.39, 0.29) is 17.9 Å². The smallest absolute Gasteiger partial charge is 0.254 e. The number of nitrogens with zero attached hydrogens (tertiary/aromatic N) is 2. The van der Waals surface area contributed by atoms with Crippen molar-refractivity contribution in [3.63, 3.8) is 0 Å². The van der Waals surface area contributed by atoms with E-state index < -0.39 is 5.92 Å². The van der Waals surface area contributed by atoms with Gasteiger partial charge in [-0.05, 0) is 55.8 Å². The van der Waals surface area contributed by atoms with Crippen LogP contribution >= 0.6 is 11.3 Å². The topological polar surface area (TPSA) is 61.9 Å². The maximum Gasteiger partial charge on any atom is 0.254 e. The number of fused-ring (bicyclic) bond motifs is 1. The first-order valence-corrected chi connectivity index (χ1v) is 12.9. The van der Waals surface area contributed by atoms with Crippen molar-refractivity contribution in [2.45, 2.75) is 50.6 Å². The highest BCUT2D eigenvalue weighted by Crippen LogP contribution is 2.44. The third kappa shape index (κ3) is 5.31. The predicted octanol–water partition coefficient (Wildman–Crippen LogP) is 4.06. The van der Waals surface area contributed by atoms with Crippen LogP contribution in [0, 0.1) is 0 Å². The minimum absolute atomic E-state index is 0.0116. The van der Waals surface area contributed by atoms with E-state index in [4.69, 9.17) is 4.74 Å². The molecule has 0 saturated carbocycles. The summed E-state index contributed by atoms with van der Waals surface area (Å²) in [5.41, 5.74) is 1.43. The van der Waals surface area contributed by atoms with Gasteiger partial charge in [-0.15, -0.1) is 11.3 Å². The summed E-state index contributed by atoms with van der Waals surface area (Å²) in [6, 6.07) is 11.9. The van der Waals surface area contributed by atoms with Gasteiger partial charge in [0.1, 0.15) is 0 Å². The lowest BCUT2D eigenvalue weighted by molar-refractivity contribution is -0.124. The number of likely N-dealkylation sites (tertiary alicyclic amines) is 1. The number of ether oxygens (including phenoxy) is 1. The maximum atomic E-state index is 13.6. The van der Waals surface area contributed by atoms with Gasteiger partial charge in [-0.1, -0.05) is 30.7 Å². The van der Waals surface area contributed by atoms with E-state index in [2.05, 4.69) is 17.1 Å². The largest absolute Gasteiger partial charge is 0.383 e. The predicted molar refractivity (Wildman–Crippen MR) is 132 cm³/mol. The summed E-state index contributed by atoms with van der Waals surface area (Å²) >= 11 is 1.59. The summed E-state index contributed by atoms with van der Waals surface area (Å²) in [4.78, 5) is 32.4. The lowest BCUT2D eigenvalue weighted by Gasteiger charge is -2.41. The molecule has 2 aromatic rings. The Morgan fingerprint density at radius 2 is 2.03 bits per heavy atom. The summed E-state index contributed by atoms with van der Waals surface area (Å²) in [6.45, 7) is 5.98. The molecule has 2 aliphatic heterocycles. The zero-order chi connectivity index (χ0) is 23.2. The van der Waals surface area contributed by atoms with Gasteiger partial charge in [0, 0.05) is 43.2 Å². The van der Waals surface area contributed by atoms with Crippen molar-refractivity contribution in [3.05, 3.63) is 57.8 Å². The quantitative estimate of drug-likeness (QED) is 0.563.